The molecule has 2 atom stereocenters. The summed E-state index contributed by atoms with van der Waals surface area (Å²) in [6.07, 6.45) is -0.274. The second-order valence-electron chi connectivity index (χ2n) is 6.63. The number of nitrogens with one attached hydrogen (secondary N) is 2. The van der Waals surface area contributed by atoms with Crippen LogP contribution in [0.1, 0.15) is 23.2 Å². The summed E-state index contributed by atoms with van der Waals surface area (Å²) < 4.78 is 0.793. The Morgan fingerprint density at radius 2 is 1.62 bits per heavy atom. The molecule has 0 heterocycles. The third-order valence-corrected chi connectivity index (χ3v) is 8.42. The average Bonchev–Trinajstić information content (AvgIpc) is 2.77. The van der Waals surface area contributed by atoms with Gasteiger partial charge in [-0.2, -0.15) is 0 Å². The van der Waals surface area contributed by atoms with Gasteiger partial charge in [0, 0.05) is 0 Å². The Morgan fingerprint density at radius 3 is 2.28 bits per heavy atom. The number of carbonyl (C=O) groups excluding carboxylic acids is 2. The molecule has 6 N–H and O–H groups in total. The molecule has 0 saturated heterocycles. The summed E-state index contributed by atoms with van der Waals surface area (Å²) in [6.45, 7) is 0. The Morgan fingerprint density at radius 1 is 0.969 bits per heavy atom. The summed E-state index contributed by atoms with van der Waals surface area (Å²) in [6, 6.07) is 13.8. The molecule has 0 aliphatic heterocycles. The van der Waals surface area contributed by atoms with Crippen LogP contribution in [0.3, 0.4) is 0 Å². The summed E-state index contributed by atoms with van der Waals surface area (Å²) in [5, 5.41) is 23.4. The van der Waals surface area contributed by atoms with Crippen molar-refractivity contribution in [2.45, 2.75) is 24.9 Å². The van der Waals surface area contributed by atoms with Crippen molar-refractivity contribution in [1.29, 1.82) is 0 Å². The van der Waals surface area contributed by atoms with Gasteiger partial charge in [-0.1, -0.05) is 0 Å². The molecule has 11 heteroatoms. The molecule has 2 rings (SSSR count). The van der Waals surface area contributed by atoms with E-state index in [4.69, 9.17) is 10.8 Å². The number of carboxylic acid groups (broad SMARTS) is 2. The third kappa shape index (κ3) is 8.35. The number of rotatable bonds is 12. The van der Waals surface area contributed by atoms with Gasteiger partial charge in [-0.05, 0) is 0 Å². The van der Waals surface area contributed by atoms with Crippen molar-refractivity contribution in [2.75, 3.05) is 11.1 Å². The summed E-state index contributed by atoms with van der Waals surface area (Å²) in [5.74, 6) is -3.15. The van der Waals surface area contributed by atoms with Crippen LogP contribution >= 0.6 is 10.2 Å². The number of carboxylic acids is 2. The van der Waals surface area contributed by atoms with E-state index in [9.17, 15) is 24.3 Å². The van der Waals surface area contributed by atoms with Crippen molar-refractivity contribution < 1.29 is 29.4 Å². The first kappa shape index (κ1) is 25.4. The Balaban J connectivity index is 1.91. The number of carbonyl (C=O) groups is 4. The fourth-order valence-electron chi connectivity index (χ4n) is 2.46. The zero-order chi connectivity index (χ0) is 23.5. The minimum atomic E-state index is -1.22. The molecule has 2 amide bonds. The molecule has 0 radical (unpaired) electrons. The third-order valence-electron chi connectivity index (χ3n) is 4.18. The normalized spacial score (nSPS) is 12.4. The van der Waals surface area contributed by atoms with Crippen LogP contribution in [0.25, 0.3) is 0 Å². The first-order valence-corrected chi connectivity index (χ1v) is 13.4. The fourth-order valence-corrected chi connectivity index (χ4v) is 6.67. The number of hydrogen-bond acceptors (Lipinski definition) is 6. The van der Waals surface area contributed by atoms with Crippen LogP contribution in [0.15, 0.2) is 54.6 Å². The standard InChI is InChI=1S/C21H23N3O6SSe/c22-15(20(27)28)10-11-18(25)24-16(21(29)30)12-31-32-17-9-5-4-8-14(17)19(26)23-13-6-2-1-3-7-13/h1-9,15-16H,10-12,22H2,(H,23,26)(H,24,25)(H,27,28)(H,29,30)/t15-,16?/m0/s1. The van der Waals surface area contributed by atoms with E-state index in [1.165, 1.54) is 10.2 Å². The number of nitrogens with two attached hydrogens (primary N) is 1. The van der Waals surface area contributed by atoms with E-state index in [2.05, 4.69) is 10.6 Å². The molecule has 0 saturated carbocycles. The van der Waals surface area contributed by atoms with Gasteiger partial charge in [0.25, 0.3) is 0 Å². The molecule has 9 nitrogen and oxygen atoms in total. The summed E-state index contributed by atoms with van der Waals surface area (Å²) >= 11 is -0.283. The predicted octanol–water partition coefficient (Wildman–Crippen LogP) is 0.678. The number of hydrogen-bond donors (Lipinski definition) is 5. The van der Waals surface area contributed by atoms with Gasteiger partial charge < -0.3 is 0 Å². The van der Waals surface area contributed by atoms with E-state index in [0.29, 0.717) is 11.3 Å². The fraction of sp³-hybridized carbons (Fsp3) is 0.238. The zero-order valence-electron chi connectivity index (χ0n) is 16.9. The topological polar surface area (TPSA) is 159 Å². The number of amides is 2. The van der Waals surface area contributed by atoms with Crippen molar-refractivity contribution in [2.24, 2.45) is 5.73 Å². The maximum absolute atomic E-state index is 12.6. The van der Waals surface area contributed by atoms with Crippen molar-refractivity contribution in [1.82, 2.24) is 5.32 Å². The first-order chi connectivity index (χ1) is 15.3. The van der Waals surface area contributed by atoms with Gasteiger partial charge in [0.15, 0.2) is 0 Å². The van der Waals surface area contributed by atoms with Crippen LogP contribution in [-0.4, -0.2) is 65.6 Å². The van der Waals surface area contributed by atoms with Crippen molar-refractivity contribution in [3.8, 4) is 0 Å². The molecule has 32 heavy (non-hydrogen) atoms. The van der Waals surface area contributed by atoms with Crippen LogP contribution in [0.5, 0.6) is 0 Å². The Hall–Kier alpha value is -2.85. The Bertz CT molecular complexity index is 960. The van der Waals surface area contributed by atoms with Crippen molar-refractivity contribution in [3.63, 3.8) is 0 Å². The van der Waals surface area contributed by atoms with Crippen molar-refractivity contribution >= 4 is 57.9 Å². The number of benzene rings is 2. The Labute approximate surface area is 194 Å². The molecular formula is C21H23N3O6SSe. The summed E-state index contributed by atoms with van der Waals surface area (Å²) in [7, 11) is 1.32. The molecule has 0 aliphatic rings. The molecule has 0 aliphatic carbocycles. The quantitative estimate of drug-likeness (QED) is 0.254. The predicted molar refractivity (Wildman–Crippen MR) is 123 cm³/mol. The van der Waals surface area contributed by atoms with Gasteiger partial charge in [-0.3, -0.25) is 0 Å². The number of anilines is 1. The minimum absolute atomic E-state index is 0.0888. The van der Waals surface area contributed by atoms with E-state index in [-0.39, 0.29) is 38.3 Å². The molecule has 0 spiro atoms. The molecule has 2 aromatic carbocycles. The summed E-state index contributed by atoms with van der Waals surface area (Å²) in [4.78, 5) is 46.8. The van der Waals surface area contributed by atoms with Gasteiger partial charge in [-0.25, -0.2) is 0 Å². The monoisotopic (exact) mass is 525 g/mol. The zero-order valence-corrected chi connectivity index (χ0v) is 19.4. The second-order valence-corrected chi connectivity index (χ2v) is 10.8. The van der Waals surface area contributed by atoms with E-state index >= 15 is 0 Å². The first-order valence-electron chi connectivity index (χ1n) is 9.53. The average molecular weight is 524 g/mol. The molecule has 0 aromatic heterocycles. The molecule has 0 fully saturated rings. The van der Waals surface area contributed by atoms with Crippen LogP contribution < -0.4 is 20.8 Å². The molecule has 170 valence electrons. The maximum atomic E-state index is 12.6. The van der Waals surface area contributed by atoms with Crippen LogP contribution in [0.2, 0.25) is 0 Å². The SMILES string of the molecule is N[C@@H](CCC(=O)NC(CS[Se]c1ccccc1C(=O)Nc1ccccc1)C(=O)O)C(=O)O. The van der Waals surface area contributed by atoms with Gasteiger partial charge in [-0.15, -0.1) is 0 Å². The molecule has 2 aromatic rings. The second kappa shape index (κ2) is 12.9. The van der Waals surface area contributed by atoms with Crippen LogP contribution in [-0.2, 0) is 14.4 Å². The van der Waals surface area contributed by atoms with Gasteiger partial charge in [0.1, 0.15) is 0 Å². The van der Waals surface area contributed by atoms with Crippen LogP contribution in [0.4, 0.5) is 5.69 Å². The molecule has 1 unspecified atom stereocenters. The van der Waals surface area contributed by atoms with Gasteiger partial charge in [0.05, 0.1) is 0 Å². The van der Waals surface area contributed by atoms with Crippen molar-refractivity contribution in [3.05, 3.63) is 60.2 Å². The van der Waals surface area contributed by atoms with E-state index in [1.54, 1.807) is 30.3 Å². The number of para-hydroxylation sites is 1. The van der Waals surface area contributed by atoms with Gasteiger partial charge in [0.2, 0.25) is 0 Å². The van der Waals surface area contributed by atoms with E-state index in [1.807, 2.05) is 24.3 Å². The Kier molecular flexibility index (Phi) is 10.2. The molecular weight excluding hydrogens is 501 g/mol. The summed E-state index contributed by atoms with van der Waals surface area (Å²) in [5.41, 5.74) is 6.53. The molecule has 0 bridgehead atoms. The van der Waals surface area contributed by atoms with E-state index in [0.717, 1.165) is 4.46 Å². The van der Waals surface area contributed by atoms with E-state index < -0.39 is 29.9 Å². The van der Waals surface area contributed by atoms with Crippen LogP contribution in [0, 0.1) is 0 Å². The van der Waals surface area contributed by atoms with Gasteiger partial charge >= 0.3 is 195 Å². The number of aliphatic carboxylic acids is 2.